The fourth-order valence-corrected chi connectivity index (χ4v) is 2.06. The number of anilines is 2. The number of amides is 3. The Balaban J connectivity index is 1.95. The molecule has 8 heteroatoms. The van der Waals surface area contributed by atoms with Gasteiger partial charge in [0, 0.05) is 51.8 Å². The predicted octanol–water partition coefficient (Wildman–Crippen LogP) is 1.57. The van der Waals surface area contributed by atoms with Crippen LogP contribution in [0.3, 0.4) is 0 Å². The van der Waals surface area contributed by atoms with Crippen molar-refractivity contribution in [1.29, 1.82) is 0 Å². The second kappa shape index (κ2) is 8.09. The number of carbonyl (C=O) groups excluding carboxylic acids is 2. The molecule has 0 aromatic carbocycles. The van der Waals surface area contributed by atoms with E-state index in [9.17, 15) is 9.59 Å². The molecule has 2 aromatic heterocycles. The van der Waals surface area contributed by atoms with Crippen LogP contribution in [-0.2, 0) is 6.54 Å². The zero-order valence-corrected chi connectivity index (χ0v) is 14.8. The topological polar surface area (TPSA) is 90.5 Å². The van der Waals surface area contributed by atoms with E-state index in [0.29, 0.717) is 11.4 Å². The summed E-state index contributed by atoms with van der Waals surface area (Å²) in [7, 11) is 7.20. The largest absolute Gasteiger partial charge is 0.378 e. The third kappa shape index (κ3) is 5.17. The van der Waals surface area contributed by atoms with Crippen LogP contribution in [0.4, 0.5) is 16.3 Å². The van der Waals surface area contributed by atoms with Gasteiger partial charge in [0.1, 0.15) is 5.82 Å². The zero-order chi connectivity index (χ0) is 18.4. The zero-order valence-electron chi connectivity index (χ0n) is 14.8. The van der Waals surface area contributed by atoms with Gasteiger partial charge >= 0.3 is 6.03 Å². The van der Waals surface area contributed by atoms with E-state index < -0.39 is 6.03 Å². The summed E-state index contributed by atoms with van der Waals surface area (Å²) in [4.78, 5) is 35.7. The molecule has 2 aromatic rings. The van der Waals surface area contributed by atoms with Crippen molar-refractivity contribution in [3.8, 4) is 0 Å². The highest BCUT2D eigenvalue weighted by molar-refractivity contribution is 5.95. The Morgan fingerprint density at radius 3 is 2.44 bits per heavy atom. The van der Waals surface area contributed by atoms with Crippen molar-refractivity contribution in [3.05, 3.63) is 47.9 Å². The standard InChI is InChI=1S/C17H22N6O2/c1-22(2)14-6-8-18-13(10-14)11-20-17(25)21-15-9-12(5-7-19-15)16(24)23(3)4/h5-10H,11H2,1-4H3,(H2,19,20,21,25). The van der Waals surface area contributed by atoms with Crippen LogP contribution in [0.25, 0.3) is 0 Å². The molecule has 0 aliphatic rings. The van der Waals surface area contributed by atoms with E-state index >= 15 is 0 Å². The van der Waals surface area contributed by atoms with E-state index in [1.807, 2.05) is 31.1 Å². The Kier molecular flexibility index (Phi) is 5.89. The molecular formula is C17H22N6O2. The van der Waals surface area contributed by atoms with Crippen LogP contribution >= 0.6 is 0 Å². The first kappa shape index (κ1) is 18.2. The molecule has 0 aliphatic heterocycles. The van der Waals surface area contributed by atoms with E-state index in [0.717, 1.165) is 11.4 Å². The van der Waals surface area contributed by atoms with Gasteiger partial charge in [0.2, 0.25) is 0 Å². The minimum Gasteiger partial charge on any atom is -0.378 e. The van der Waals surface area contributed by atoms with Gasteiger partial charge in [-0.2, -0.15) is 0 Å². The average molecular weight is 342 g/mol. The van der Waals surface area contributed by atoms with Crippen molar-refractivity contribution in [3.63, 3.8) is 0 Å². The summed E-state index contributed by atoms with van der Waals surface area (Å²) in [5.74, 6) is 0.149. The van der Waals surface area contributed by atoms with E-state index in [1.54, 1.807) is 26.4 Å². The summed E-state index contributed by atoms with van der Waals surface area (Å²) in [6, 6.07) is 6.50. The molecule has 8 nitrogen and oxygen atoms in total. The second-order valence-corrected chi connectivity index (χ2v) is 5.84. The Labute approximate surface area is 146 Å². The van der Waals surface area contributed by atoms with E-state index in [2.05, 4.69) is 20.6 Å². The molecule has 2 rings (SSSR count). The fourth-order valence-electron chi connectivity index (χ4n) is 2.06. The maximum absolute atomic E-state index is 12.0. The number of nitrogens with one attached hydrogen (secondary N) is 2. The maximum Gasteiger partial charge on any atom is 0.320 e. The molecular weight excluding hydrogens is 320 g/mol. The number of hydrogen-bond acceptors (Lipinski definition) is 5. The van der Waals surface area contributed by atoms with Crippen molar-refractivity contribution in [2.75, 3.05) is 38.4 Å². The summed E-state index contributed by atoms with van der Waals surface area (Å²) in [5.41, 5.74) is 2.20. The normalized spacial score (nSPS) is 10.1. The summed E-state index contributed by atoms with van der Waals surface area (Å²) in [6.45, 7) is 0.282. The first-order chi connectivity index (χ1) is 11.9. The van der Waals surface area contributed by atoms with E-state index in [-0.39, 0.29) is 12.5 Å². The summed E-state index contributed by atoms with van der Waals surface area (Å²) >= 11 is 0. The van der Waals surface area contributed by atoms with Gasteiger partial charge in [-0.3, -0.25) is 15.1 Å². The van der Waals surface area contributed by atoms with Gasteiger partial charge in [0.15, 0.2) is 0 Å². The van der Waals surface area contributed by atoms with Crippen LogP contribution in [0.1, 0.15) is 16.1 Å². The highest BCUT2D eigenvalue weighted by Crippen LogP contribution is 2.11. The van der Waals surface area contributed by atoms with Crippen molar-refractivity contribution < 1.29 is 9.59 Å². The van der Waals surface area contributed by atoms with Gasteiger partial charge in [-0.15, -0.1) is 0 Å². The minimum atomic E-state index is -0.418. The summed E-state index contributed by atoms with van der Waals surface area (Å²) in [5, 5.41) is 5.33. The average Bonchev–Trinajstić information content (AvgIpc) is 2.59. The van der Waals surface area contributed by atoms with Crippen molar-refractivity contribution >= 4 is 23.4 Å². The van der Waals surface area contributed by atoms with Gasteiger partial charge in [-0.25, -0.2) is 9.78 Å². The van der Waals surface area contributed by atoms with Crippen LogP contribution in [0.5, 0.6) is 0 Å². The number of rotatable bonds is 5. The molecule has 0 radical (unpaired) electrons. The lowest BCUT2D eigenvalue weighted by Crippen LogP contribution is -2.29. The van der Waals surface area contributed by atoms with E-state index in [1.165, 1.54) is 17.2 Å². The molecule has 132 valence electrons. The van der Waals surface area contributed by atoms with Crippen LogP contribution in [0.2, 0.25) is 0 Å². The Bertz CT molecular complexity index is 760. The first-order valence-corrected chi connectivity index (χ1v) is 7.71. The van der Waals surface area contributed by atoms with Crippen molar-refractivity contribution in [1.82, 2.24) is 20.2 Å². The van der Waals surface area contributed by atoms with Gasteiger partial charge in [-0.1, -0.05) is 0 Å². The third-order valence-corrected chi connectivity index (χ3v) is 3.40. The lowest BCUT2D eigenvalue weighted by atomic mass is 10.2. The van der Waals surface area contributed by atoms with E-state index in [4.69, 9.17) is 0 Å². The number of aromatic nitrogens is 2. The number of carbonyl (C=O) groups is 2. The Morgan fingerprint density at radius 2 is 1.76 bits per heavy atom. The van der Waals surface area contributed by atoms with Crippen LogP contribution in [0, 0.1) is 0 Å². The predicted molar refractivity (Wildman–Crippen MR) is 96.7 cm³/mol. The molecule has 0 saturated heterocycles. The number of nitrogens with zero attached hydrogens (tertiary/aromatic N) is 4. The lowest BCUT2D eigenvalue weighted by Gasteiger charge is -2.13. The van der Waals surface area contributed by atoms with Crippen molar-refractivity contribution in [2.45, 2.75) is 6.54 Å². The molecule has 2 heterocycles. The first-order valence-electron chi connectivity index (χ1n) is 7.71. The molecule has 0 aliphatic carbocycles. The molecule has 25 heavy (non-hydrogen) atoms. The lowest BCUT2D eigenvalue weighted by molar-refractivity contribution is 0.0827. The molecule has 0 spiro atoms. The van der Waals surface area contributed by atoms with Gasteiger partial charge < -0.3 is 15.1 Å². The number of hydrogen-bond donors (Lipinski definition) is 2. The highest BCUT2D eigenvalue weighted by Gasteiger charge is 2.10. The van der Waals surface area contributed by atoms with Crippen LogP contribution in [-0.4, -0.2) is 55.0 Å². The molecule has 0 unspecified atom stereocenters. The summed E-state index contributed by atoms with van der Waals surface area (Å²) in [6.07, 6.45) is 3.18. The number of pyridine rings is 2. The SMILES string of the molecule is CN(C)C(=O)c1ccnc(NC(=O)NCc2cc(N(C)C)ccn2)c1. The molecule has 0 bridgehead atoms. The molecule has 3 amide bonds. The summed E-state index contributed by atoms with van der Waals surface area (Å²) < 4.78 is 0. The van der Waals surface area contributed by atoms with Gasteiger partial charge in [-0.05, 0) is 24.3 Å². The molecule has 0 fully saturated rings. The number of urea groups is 1. The van der Waals surface area contributed by atoms with Crippen molar-refractivity contribution in [2.24, 2.45) is 0 Å². The fraction of sp³-hybridized carbons (Fsp3) is 0.294. The second-order valence-electron chi connectivity index (χ2n) is 5.84. The molecule has 2 N–H and O–H groups in total. The molecule has 0 atom stereocenters. The molecule has 0 saturated carbocycles. The van der Waals surface area contributed by atoms with Gasteiger partial charge in [0.05, 0.1) is 12.2 Å². The maximum atomic E-state index is 12.0. The third-order valence-electron chi connectivity index (χ3n) is 3.40. The monoisotopic (exact) mass is 342 g/mol. The Hall–Kier alpha value is -3.16. The smallest absolute Gasteiger partial charge is 0.320 e. The quantitative estimate of drug-likeness (QED) is 0.861. The van der Waals surface area contributed by atoms with Crippen LogP contribution in [0.15, 0.2) is 36.7 Å². The van der Waals surface area contributed by atoms with Gasteiger partial charge in [0.25, 0.3) is 5.91 Å². The Morgan fingerprint density at radius 1 is 1.04 bits per heavy atom. The van der Waals surface area contributed by atoms with Crippen LogP contribution < -0.4 is 15.5 Å². The minimum absolute atomic E-state index is 0.157. The highest BCUT2D eigenvalue weighted by atomic mass is 16.2.